The van der Waals surface area contributed by atoms with E-state index < -0.39 is 10.0 Å². The van der Waals surface area contributed by atoms with Gasteiger partial charge in [0.05, 0.1) is 13.2 Å². The summed E-state index contributed by atoms with van der Waals surface area (Å²) in [5.41, 5.74) is 0.569. The maximum Gasteiger partial charge on any atom is 0.244 e. The molecule has 0 saturated heterocycles. The Morgan fingerprint density at radius 2 is 2.10 bits per heavy atom. The molecular weight excluding hydrogens is 280 g/mol. The van der Waals surface area contributed by atoms with Crippen molar-refractivity contribution in [2.45, 2.75) is 25.3 Å². The number of aliphatic hydroxyl groups is 1. The number of aryl methyl sites for hydroxylation is 1. The molecule has 0 unspecified atom stereocenters. The Morgan fingerprint density at radius 1 is 1.45 bits per heavy atom. The van der Waals surface area contributed by atoms with Crippen LogP contribution < -0.4 is 0 Å². The average Bonchev–Trinajstić information content (AvgIpc) is 2.75. The zero-order valence-electron chi connectivity index (χ0n) is 12.5. The molecule has 0 bridgehead atoms. The lowest BCUT2D eigenvalue weighted by molar-refractivity contribution is 0.175. The number of aromatic nitrogens is 1. The Labute approximate surface area is 121 Å². The van der Waals surface area contributed by atoms with Gasteiger partial charge in [0, 0.05) is 39.1 Å². The number of rotatable bonds is 8. The SMILES string of the molecule is COCCN(CC(C)C)S(=O)(=O)c1cc(CO)n(C)c1. The summed E-state index contributed by atoms with van der Waals surface area (Å²) >= 11 is 0. The number of hydrogen-bond acceptors (Lipinski definition) is 4. The Balaban J connectivity index is 3.07. The number of sulfonamides is 1. The van der Waals surface area contributed by atoms with Gasteiger partial charge in [0.1, 0.15) is 4.90 Å². The molecule has 0 radical (unpaired) electrons. The lowest BCUT2D eigenvalue weighted by Gasteiger charge is -2.23. The van der Waals surface area contributed by atoms with E-state index in [4.69, 9.17) is 4.74 Å². The molecule has 116 valence electrons. The molecule has 1 aromatic rings. The van der Waals surface area contributed by atoms with Crippen LogP contribution in [-0.4, -0.2) is 49.2 Å². The van der Waals surface area contributed by atoms with Crippen LogP contribution in [0.25, 0.3) is 0 Å². The van der Waals surface area contributed by atoms with Crippen LogP contribution >= 0.6 is 0 Å². The predicted molar refractivity (Wildman–Crippen MR) is 76.8 cm³/mol. The van der Waals surface area contributed by atoms with E-state index in [0.717, 1.165) is 0 Å². The summed E-state index contributed by atoms with van der Waals surface area (Å²) in [6.07, 6.45) is 1.53. The molecule has 0 saturated carbocycles. The highest BCUT2D eigenvalue weighted by Gasteiger charge is 2.26. The van der Waals surface area contributed by atoms with E-state index in [1.165, 1.54) is 16.6 Å². The summed E-state index contributed by atoms with van der Waals surface area (Å²) in [7, 11) is -0.296. The third kappa shape index (κ3) is 4.05. The minimum absolute atomic E-state index is 0.186. The highest BCUT2D eigenvalue weighted by atomic mass is 32.2. The van der Waals surface area contributed by atoms with Crippen molar-refractivity contribution >= 4 is 10.0 Å². The lowest BCUT2D eigenvalue weighted by atomic mass is 10.2. The first-order valence-electron chi connectivity index (χ1n) is 6.58. The first-order valence-corrected chi connectivity index (χ1v) is 8.02. The molecule has 0 aliphatic rings. The van der Waals surface area contributed by atoms with Crippen molar-refractivity contribution in [3.05, 3.63) is 18.0 Å². The predicted octanol–water partition coefficient (Wildman–Crippen LogP) is 0.810. The van der Waals surface area contributed by atoms with Gasteiger partial charge in [-0.3, -0.25) is 0 Å². The van der Waals surface area contributed by atoms with E-state index in [1.807, 2.05) is 13.8 Å². The molecular formula is C13H24N2O4S. The number of ether oxygens (including phenoxy) is 1. The second-order valence-electron chi connectivity index (χ2n) is 5.19. The quantitative estimate of drug-likeness (QED) is 0.771. The van der Waals surface area contributed by atoms with Gasteiger partial charge in [-0.25, -0.2) is 8.42 Å². The third-order valence-corrected chi connectivity index (χ3v) is 4.83. The van der Waals surface area contributed by atoms with Crippen LogP contribution in [0.3, 0.4) is 0 Å². The fourth-order valence-corrected chi connectivity index (χ4v) is 3.62. The van der Waals surface area contributed by atoms with Crippen LogP contribution in [0.15, 0.2) is 17.2 Å². The van der Waals surface area contributed by atoms with Crippen LogP contribution in [0, 0.1) is 5.92 Å². The van der Waals surface area contributed by atoms with Crippen LogP contribution in [0.1, 0.15) is 19.5 Å². The summed E-state index contributed by atoms with van der Waals surface area (Å²) in [5.74, 6) is 0.225. The van der Waals surface area contributed by atoms with Crippen LogP contribution in [0.5, 0.6) is 0 Å². The van der Waals surface area contributed by atoms with Crippen molar-refractivity contribution < 1.29 is 18.3 Å². The zero-order valence-corrected chi connectivity index (χ0v) is 13.4. The fourth-order valence-electron chi connectivity index (χ4n) is 1.93. The minimum Gasteiger partial charge on any atom is -0.390 e. The van der Waals surface area contributed by atoms with Crippen molar-refractivity contribution in [1.82, 2.24) is 8.87 Å². The number of hydrogen-bond donors (Lipinski definition) is 1. The van der Waals surface area contributed by atoms with E-state index in [1.54, 1.807) is 18.7 Å². The summed E-state index contributed by atoms with van der Waals surface area (Å²) in [6, 6.07) is 1.51. The topological polar surface area (TPSA) is 71.8 Å². The summed E-state index contributed by atoms with van der Waals surface area (Å²) in [5, 5.41) is 9.17. The second kappa shape index (κ2) is 7.21. The molecule has 1 heterocycles. The maximum atomic E-state index is 12.6. The molecule has 0 atom stereocenters. The molecule has 7 heteroatoms. The molecule has 0 aliphatic heterocycles. The molecule has 1 N–H and O–H groups in total. The average molecular weight is 304 g/mol. The number of aliphatic hydroxyl groups excluding tert-OH is 1. The smallest absolute Gasteiger partial charge is 0.244 e. The van der Waals surface area contributed by atoms with E-state index in [2.05, 4.69) is 0 Å². The molecule has 0 spiro atoms. The van der Waals surface area contributed by atoms with Gasteiger partial charge in [0.2, 0.25) is 10.0 Å². The van der Waals surface area contributed by atoms with Gasteiger partial charge >= 0.3 is 0 Å². The van der Waals surface area contributed by atoms with Crippen molar-refractivity contribution in [2.75, 3.05) is 26.8 Å². The molecule has 6 nitrogen and oxygen atoms in total. The lowest BCUT2D eigenvalue weighted by Crippen LogP contribution is -2.36. The second-order valence-corrected chi connectivity index (χ2v) is 7.12. The number of methoxy groups -OCH3 is 1. The van der Waals surface area contributed by atoms with Crippen LogP contribution in [0.4, 0.5) is 0 Å². The standard InChI is InChI=1S/C13H24N2O4S/c1-11(2)8-15(5-6-19-4)20(17,18)13-7-12(10-16)14(3)9-13/h7,9,11,16H,5-6,8,10H2,1-4H3. The van der Waals surface area contributed by atoms with Crippen molar-refractivity contribution in [1.29, 1.82) is 0 Å². The minimum atomic E-state index is -3.56. The van der Waals surface area contributed by atoms with E-state index in [-0.39, 0.29) is 17.4 Å². The van der Waals surface area contributed by atoms with Gasteiger partial charge in [0.15, 0.2) is 0 Å². The monoisotopic (exact) mass is 304 g/mol. The molecule has 1 aromatic heterocycles. The van der Waals surface area contributed by atoms with Gasteiger partial charge in [-0.2, -0.15) is 4.31 Å². The molecule has 0 aromatic carbocycles. The molecule has 0 fully saturated rings. The summed E-state index contributed by atoms with van der Waals surface area (Å²) < 4.78 is 33.3. The fraction of sp³-hybridized carbons (Fsp3) is 0.692. The largest absolute Gasteiger partial charge is 0.390 e. The maximum absolute atomic E-state index is 12.6. The summed E-state index contributed by atoms with van der Waals surface area (Å²) in [6.45, 7) is 4.87. The highest BCUT2D eigenvalue weighted by Crippen LogP contribution is 2.19. The highest BCUT2D eigenvalue weighted by molar-refractivity contribution is 7.89. The zero-order chi connectivity index (χ0) is 15.3. The Morgan fingerprint density at radius 3 is 2.55 bits per heavy atom. The number of nitrogens with zero attached hydrogens (tertiary/aromatic N) is 2. The van der Waals surface area contributed by atoms with Gasteiger partial charge < -0.3 is 14.4 Å². The normalized spacial score (nSPS) is 12.6. The van der Waals surface area contributed by atoms with Crippen molar-refractivity contribution in [2.24, 2.45) is 13.0 Å². The van der Waals surface area contributed by atoms with Crippen molar-refractivity contribution in [3.8, 4) is 0 Å². The van der Waals surface area contributed by atoms with Gasteiger partial charge in [0.25, 0.3) is 0 Å². The van der Waals surface area contributed by atoms with Crippen molar-refractivity contribution in [3.63, 3.8) is 0 Å². The molecule has 1 rings (SSSR count). The van der Waals surface area contributed by atoms with E-state index >= 15 is 0 Å². The Hall–Kier alpha value is -0.890. The van der Waals surface area contributed by atoms with Gasteiger partial charge in [-0.15, -0.1) is 0 Å². The van der Waals surface area contributed by atoms with Crippen LogP contribution in [-0.2, 0) is 28.4 Å². The van der Waals surface area contributed by atoms with Gasteiger partial charge in [-0.1, -0.05) is 13.8 Å². The Kier molecular flexibility index (Phi) is 6.19. The third-order valence-electron chi connectivity index (χ3n) is 3.00. The van der Waals surface area contributed by atoms with Gasteiger partial charge in [-0.05, 0) is 12.0 Å². The van der Waals surface area contributed by atoms with E-state index in [9.17, 15) is 13.5 Å². The van der Waals surface area contributed by atoms with E-state index in [0.29, 0.717) is 25.4 Å². The molecule has 20 heavy (non-hydrogen) atoms. The Bertz CT molecular complexity index is 522. The first-order chi connectivity index (χ1) is 9.32. The first kappa shape index (κ1) is 17.2. The van der Waals surface area contributed by atoms with Crippen LogP contribution in [0.2, 0.25) is 0 Å². The molecule has 0 aliphatic carbocycles. The molecule has 0 amide bonds. The summed E-state index contributed by atoms with van der Waals surface area (Å²) in [4.78, 5) is 0.209.